The Hall–Kier alpha value is -3.03. The van der Waals surface area contributed by atoms with Crippen molar-refractivity contribution in [2.24, 2.45) is 5.73 Å². The van der Waals surface area contributed by atoms with Crippen LogP contribution in [0.5, 0.6) is 0 Å². The topological polar surface area (TPSA) is 92.9 Å². The van der Waals surface area contributed by atoms with E-state index in [-0.39, 0.29) is 30.8 Å². The van der Waals surface area contributed by atoms with Gasteiger partial charge < -0.3 is 20.5 Å². The summed E-state index contributed by atoms with van der Waals surface area (Å²) in [5.41, 5.74) is 2.64. The third kappa shape index (κ3) is 3.22. The van der Waals surface area contributed by atoms with Gasteiger partial charge in [0.05, 0.1) is 18.8 Å². The highest BCUT2D eigenvalue weighted by molar-refractivity contribution is 6.11. The van der Waals surface area contributed by atoms with Crippen molar-refractivity contribution in [2.75, 3.05) is 11.5 Å². The van der Waals surface area contributed by atoms with E-state index in [2.05, 4.69) is 6.58 Å². The summed E-state index contributed by atoms with van der Waals surface area (Å²) in [4.78, 5) is 27.5. The molecule has 2 aromatic carbocycles. The maximum absolute atomic E-state index is 14.1. The lowest BCUT2D eigenvalue weighted by molar-refractivity contribution is -0.168. The number of benzene rings is 2. The molecule has 6 nitrogen and oxygen atoms in total. The van der Waals surface area contributed by atoms with Crippen molar-refractivity contribution in [3.63, 3.8) is 0 Å². The molecular weight excluding hydrogens is 375 g/mol. The number of halogens is 1. The first-order valence-electron chi connectivity index (χ1n) is 9.25. The van der Waals surface area contributed by atoms with E-state index in [9.17, 15) is 19.1 Å². The van der Waals surface area contributed by atoms with Crippen molar-refractivity contribution in [3.8, 4) is 0 Å². The Balaban J connectivity index is 2.18. The molecular formula is C22H23FN2O4. The fourth-order valence-corrected chi connectivity index (χ4v) is 3.67. The van der Waals surface area contributed by atoms with Gasteiger partial charge in [-0.05, 0) is 37.1 Å². The predicted octanol–water partition coefficient (Wildman–Crippen LogP) is 2.40. The molecule has 0 unspecified atom stereocenters. The molecule has 29 heavy (non-hydrogen) atoms. The minimum Gasteiger partial charge on any atom is -0.465 e. The number of carbonyl (C=O) groups is 2. The number of hydrogen-bond acceptors (Lipinski definition) is 5. The molecule has 1 aliphatic rings. The Bertz CT molecular complexity index is 949. The SMILES string of the molecule is C=CC[C@](N)(C(=O)OCC)[C@]1(O)C(=O)N(Cc2ccccc2)c2ccc(F)cc21. The number of anilines is 1. The molecule has 0 aromatic heterocycles. The lowest BCUT2D eigenvalue weighted by atomic mass is 9.74. The molecule has 3 rings (SSSR count). The number of esters is 1. The van der Waals surface area contributed by atoms with Gasteiger partial charge in [0.1, 0.15) is 5.82 Å². The summed E-state index contributed by atoms with van der Waals surface area (Å²) in [5, 5.41) is 11.6. The average molecular weight is 398 g/mol. The summed E-state index contributed by atoms with van der Waals surface area (Å²) in [6, 6.07) is 12.7. The van der Waals surface area contributed by atoms with Crippen LogP contribution in [0.1, 0.15) is 24.5 Å². The van der Waals surface area contributed by atoms with Gasteiger partial charge in [0.25, 0.3) is 5.91 Å². The molecule has 7 heteroatoms. The number of amides is 1. The van der Waals surface area contributed by atoms with Crippen LogP contribution >= 0.6 is 0 Å². The zero-order valence-corrected chi connectivity index (χ0v) is 16.1. The van der Waals surface area contributed by atoms with E-state index in [1.54, 1.807) is 6.92 Å². The van der Waals surface area contributed by atoms with E-state index in [4.69, 9.17) is 10.5 Å². The summed E-state index contributed by atoms with van der Waals surface area (Å²) >= 11 is 0. The molecule has 1 aliphatic heterocycles. The van der Waals surface area contributed by atoms with Gasteiger partial charge in [0.2, 0.25) is 0 Å². The Morgan fingerprint density at radius 2 is 2.03 bits per heavy atom. The maximum Gasteiger partial charge on any atom is 0.330 e. The van der Waals surface area contributed by atoms with E-state index >= 15 is 0 Å². The fourth-order valence-electron chi connectivity index (χ4n) is 3.67. The van der Waals surface area contributed by atoms with Crippen LogP contribution in [-0.2, 0) is 26.5 Å². The Morgan fingerprint density at radius 3 is 2.66 bits per heavy atom. The highest BCUT2D eigenvalue weighted by Crippen LogP contribution is 2.48. The number of nitrogens with zero attached hydrogens (tertiary/aromatic N) is 1. The van der Waals surface area contributed by atoms with Crippen molar-refractivity contribution in [3.05, 3.63) is 78.1 Å². The summed E-state index contributed by atoms with van der Waals surface area (Å²) in [6.07, 6.45) is 1.07. The minimum absolute atomic E-state index is 0.00291. The second-order valence-corrected chi connectivity index (χ2v) is 6.93. The summed E-state index contributed by atoms with van der Waals surface area (Å²) in [6.45, 7) is 5.29. The zero-order valence-electron chi connectivity index (χ0n) is 16.1. The van der Waals surface area contributed by atoms with Crippen LogP contribution in [0.3, 0.4) is 0 Å². The van der Waals surface area contributed by atoms with Gasteiger partial charge in [-0.25, -0.2) is 9.18 Å². The van der Waals surface area contributed by atoms with E-state index in [0.29, 0.717) is 0 Å². The van der Waals surface area contributed by atoms with Gasteiger partial charge in [0, 0.05) is 5.56 Å². The Morgan fingerprint density at radius 1 is 1.34 bits per heavy atom. The van der Waals surface area contributed by atoms with E-state index in [1.165, 1.54) is 23.1 Å². The molecule has 2 atom stereocenters. The van der Waals surface area contributed by atoms with Crippen molar-refractivity contribution in [1.82, 2.24) is 0 Å². The summed E-state index contributed by atoms with van der Waals surface area (Å²) in [5.74, 6) is -2.45. The molecule has 0 saturated carbocycles. The number of rotatable bonds is 7. The van der Waals surface area contributed by atoms with Crippen molar-refractivity contribution in [2.45, 2.75) is 31.0 Å². The monoisotopic (exact) mass is 398 g/mol. The van der Waals surface area contributed by atoms with Crippen LogP contribution < -0.4 is 10.6 Å². The minimum atomic E-state index is -2.51. The molecule has 2 aromatic rings. The number of carbonyl (C=O) groups excluding carboxylic acids is 2. The number of nitrogens with two attached hydrogens (primary N) is 1. The van der Waals surface area contributed by atoms with E-state index in [0.717, 1.165) is 11.6 Å². The van der Waals surface area contributed by atoms with E-state index < -0.39 is 28.8 Å². The van der Waals surface area contributed by atoms with Gasteiger partial charge in [0.15, 0.2) is 11.1 Å². The highest BCUT2D eigenvalue weighted by atomic mass is 19.1. The van der Waals surface area contributed by atoms with Crippen LogP contribution in [0.2, 0.25) is 0 Å². The third-order valence-corrected chi connectivity index (χ3v) is 5.13. The van der Waals surface area contributed by atoms with Crippen LogP contribution in [0, 0.1) is 5.82 Å². The number of hydrogen-bond donors (Lipinski definition) is 2. The van der Waals surface area contributed by atoms with Gasteiger partial charge >= 0.3 is 5.97 Å². The first kappa shape index (κ1) is 20.7. The molecule has 1 heterocycles. The lowest BCUT2D eigenvalue weighted by Crippen LogP contribution is -2.67. The van der Waals surface area contributed by atoms with Gasteiger partial charge in [-0.15, -0.1) is 6.58 Å². The quantitative estimate of drug-likeness (QED) is 0.552. The zero-order chi connectivity index (χ0) is 21.2. The maximum atomic E-state index is 14.1. The van der Waals surface area contributed by atoms with Gasteiger partial charge in [-0.2, -0.15) is 0 Å². The lowest BCUT2D eigenvalue weighted by Gasteiger charge is -2.38. The van der Waals surface area contributed by atoms with Crippen LogP contribution in [0.25, 0.3) is 0 Å². The third-order valence-electron chi connectivity index (χ3n) is 5.13. The second-order valence-electron chi connectivity index (χ2n) is 6.93. The van der Waals surface area contributed by atoms with Crippen molar-refractivity contribution < 1.29 is 23.8 Å². The fraction of sp³-hybridized carbons (Fsp3) is 0.273. The predicted molar refractivity (Wildman–Crippen MR) is 106 cm³/mol. The van der Waals surface area contributed by atoms with E-state index in [1.807, 2.05) is 30.3 Å². The number of fused-ring (bicyclic) bond motifs is 1. The van der Waals surface area contributed by atoms with Gasteiger partial charge in [-0.3, -0.25) is 4.79 Å². The standard InChI is InChI=1S/C22H23FN2O4/c1-3-12-21(24,20(27)29-4-2)22(28)17-13-16(23)10-11-18(17)25(19(22)26)14-15-8-6-5-7-9-15/h3,5-11,13,28H,1,4,12,14,24H2,2H3/t21-,22+/m0/s1. The molecule has 0 bridgehead atoms. The first-order chi connectivity index (χ1) is 13.8. The van der Waals surface area contributed by atoms with Crippen LogP contribution in [-0.4, -0.2) is 29.1 Å². The Labute approximate surface area is 168 Å². The molecule has 0 spiro atoms. The van der Waals surface area contributed by atoms with Crippen LogP contribution in [0.4, 0.5) is 10.1 Å². The Kier molecular flexibility index (Phi) is 5.55. The second kappa shape index (κ2) is 7.77. The van der Waals surface area contributed by atoms with Crippen molar-refractivity contribution in [1.29, 1.82) is 0 Å². The number of ether oxygens (including phenoxy) is 1. The average Bonchev–Trinajstić information content (AvgIpc) is 2.91. The van der Waals surface area contributed by atoms with Crippen molar-refractivity contribution >= 4 is 17.6 Å². The highest BCUT2D eigenvalue weighted by Gasteiger charge is 2.65. The molecule has 0 saturated heterocycles. The van der Waals surface area contributed by atoms with Crippen LogP contribution in [0.15, 0.2) is 61.2 Å². The van der Waals surface area contributed by atoms with Gasteiger partial charge in [-0.1, -0.05) is 36.4 Å². The smallest absolute Gasteiger partial charge is 0.330 e. The summed E-state index contributed by atoms with van der Waals surface area (Å²) in [7, 11) is 0. The summed E-state index contributed by atoms with van der Waals surface area (Å²) < 4.78 is 19.1. The molecule has 3 N–H and O–H groups in total. The normalized spacial score (nSPS) is 20.1. The molecule has 0 fully saturated rings. The number of aliphatic hydroxyl groups is 1. The largest absolute Gasteiger partial charge is 0.465 e. The first-order valence-corrected chi connectivity index (χ1v) is 9.25. The molecule has 0 aliphatic carbocycles. The molecule has 0 radical (unpaired) electrons. The molecule has 152 valence electrons. The molecule has 1 amide bonds.